The van der Waals surface area contributed by atoms with Crippen LogP contribution in [0, 0.1) is 13.8 Å². The van der Waals surface area contributed by atoms with Gasteiger partial charge in [-0.25, -0.2) is 8.42 Å². The molecule has 0 aliphatic rings. The maximum Gasteiger partial charge on any atom is 0.418 e. The highest BCUT2D eigenvalue weighted by Gasteiger charge is 2.33. The number of benzene rings is 3. The Bertz CT molecular complexity index is 1250. The van der Waals surface area contributed by atoms with E-state index in [2.05, 4.69) is 5.32 Å². The van der Waals surface area contributed by atoms with Gasteiger partial charge in [-0.3, -0.25) is 9.10 Å². The number of carbonyl (C=O) groups excluding carboxylic acids is 1. The lowest BCUT2D eigenvalue weighted by atomic mass is 10.1. The van der Waals surface area contributed by atoms with Crippen LogP contribution in [-0.2, 0) is 22.7 Å². The zero-order valence-electron chi connectivity index (χ0n) is 18.3. The van der Waals surface area contributed by atoms with Crippen molar-refractivity contribution in [3.8, 4) is 0 Å². The third-order valence-electron chi connectivity index (χ3n) is 5.11. The largest absolute Gasteiger partial charge is 0.418 e. The molecule has 1 N–H and O–H groups in total. The molecule has 0 aromatic heterocycles. The van der Waals surface area contributed by atoms with Crippen LogP contribution in [0.5, 0.6) is 0 Å². The molecule has 0 unspecified atom stereocenters. The summed E-state index contributed by atoms with van der Waals surface area (Å²) in [4.78, 5) is 12.5. The molecule has 0 atom stereocenters. The normalized spacial score (nSPS) is 11.8. The number of para-hydroxylation sites is 2. The van der Waals surface area contributed by atoms with Crippen LogP contribution in [-0.4, -0.2) is 20.6 Å². The first kappa shape index (κ1) is 24.3. The maximum atomic E-state index is 13.2. The average molecular weight is 477 g/mol. The molecule has 0 heterocycles. The minimum Gasteiger partial charge on any atom is -0.321 e. The first-order chi connectivity index (χ1) is 15.4. The molecule has 0 aliphatic carbocycles. The molecule has 3 rings (SSSR count). The summed E-state index contributed by atoms with van der Waals surface area (Å²) >= 11 is 0. The van der Waals surface area contributed by atoms with Gasteiger partial charge in [-0.05, 0) is 54.8 Å². The van der Waals surface area contributed by atoms with Crippen LogP contribution in [0.15, 0.2) is 66.7 Å². The molecule has 0 bridgehead atoms. The van der Waals surface area contributed by atoms with Crippen LogP contribution < -0.4 is 9.62 Å². The average Bonchev–Trinajstić information content (AvgIpc) is 2.72. The Balaban J connectivity index is 1.83. The van der Waals surface area contributed by atoms with E-state index in [9.17, 15) is 26.4 Å². The SMILES string of the molecule is Cc1cccc(C)c1N(Cc1ccc(C(=O)Nc2ccccc2C(F)(F)F)cc1)S(C)(=O)=O. The third kappa shape index (κ3) is 5.73. The van der Waals surface area contributed by atoms with E-state index >= 15 is 0 Å². The van der Waals surface area contributed by atoms with E-state index in [1.165, 1.54) is 34.6 Å². The first-order valence-corrected chi connectivity index (χ1v) is 11.8. The van der Waals surface area contributed by atoms with Crippen LogP contribution in [0.3, 0.4) is 0 Å². The smallest absolute Gasteiger partial charge is 0.321 e. The van der Waals surface area contributed by atoms with E-state index in [4.69, 9.17) is 0 Å². The first-order valence-electron chi connectivity index (χ1n) is 9.98. The number of rotatable bonds is 6. The fraction of sp³-hybridized carbons (Fsp3) is 0.208. The van der Waals surface area contributed by atoms with Gasteiger partial charge in [0, 0.05) is 5.56 Å². The van der Waals surface area contributed by atoms with Gasteiger partial charge >= 0.3 is 6.18 Å². The van der Waals surface area contributed by atoms with Gasteiger partial charge in [-0.15, -0.1) is 0 Å². The molecular weight excluding hydrogens is 453 g/mol. The molecule has 9 heteroatoms. The number of aryl methyl sites for hydroxylation is 2. The van der Waals surface area contributed by atoms with Gasteiger partial charge in [0.05, 0.1) is 29.7 Å². The van der Waals surface area contributed by atoms with E-state index in [0.717, 1.165) is 23.4 Å². The molecule has 0 saturated heterocycles. The van der Waals surface area contributed by atoms with E-state index in [1.807, 2.05) is 32.0 Å². The number of alkyl halides is 3. The van der Waals surface area contributed by atoms with Gasteiger partial charge < -0.3 is 5.32 Å². The summed E-state index contributed by atoms with van der Waals surface area (Å²) in [5.74, 6) is -0.701. The fourth-order valence-electron chi connectivity index (χ4n) is 3.52. The molecule has 0 spiro atoms. The van der Waals surface area contributed by atoms with Crippen molar-refractivity contribution < 1.29 is 26.4 Å². The minimum atomic E-state index is -4.60. The van der Waals surface area contributed by atoms with Crippen molar-refractivity contribution in [2.45, 2.75) is 26.6 Å². The predicted octanol–water partition coefficient (Wildman–Crippen LogP) is 5.54. The lowest BCUT2D eigenvalue weighted by Crippen LogP contribution is -2.30. The van der Waals surface area contributed by atoms with Gasteiger partial charge in [0.1, 0.15) is 0 Å². The van der Waals surface area contributed by atoms with Gasteiger partial charge in [-0.2, -0.15) is 13.2 Å². The number of nitrogens with one attached hydrogen (secondary N) is 1. The summed E-state index contributed by atoms with van der Waals surface area (Å²) in [6.45, 7) is 3.70. The highest BCUT2D eigenvalue weighted by Crippen LogP contribution is 2.35. The van der Waals surface area contributed by atoms with E-state index in [0.29, 0.717) is 11.3 Å². The Morgan fingerprint density at radius 2 is 1.48 bits per heavy atom. The lowest BCUT2D eigenvalue weighted by Gasteiger charge is -2.26. The highest BCUT2D eigenvalue weighted by molar-refractivity contribution is 7.92. The molecule has 5 nitrogen and oxygen atoms in total. The van der Waals surface area contributed by atoms with Crippen LogP contribution in [0.2, 0.25) is 0 Å². The predicted molar refractivity (Wildman–Crippen MR) is 123 cm³/mol. The maximum absolute atomic E-state index is 13.2. The summed E-state index contributed by atoms with van der Waals surface area (Å²) in [5.41, 5.74) is 1.69. The van der Waals surface area contributed by atoms with Crippen molar-refractivity contribution >= 4 is 27.3 Å². The van der Waals surface area contributed by atoms with E-state index in [-0.39, 0.29) is 17.8 Å². The molecule has 0 fully saturated rings. The summed E-state index contributed by atoms with van der Waals surface area (Å²) in [5, 5.41) is 2.29. The molecule has 174 valence electrons. The molecule has 0 saturated carbocycles. The molecular formula is C24H23F3N2O3S. The van der Waals surface area contributed by atoms with Crippen molar-refractivity contribution in [3.05, 3.63) is 94.5 Å². The van der Waals surface area contributed by atoms with Crippen LogP contribution >= 0.6 is 0 Å². The third-order valence-corrected chi connectivity index (χ3v) is 6.22. The molecule has 0 radical (unpaired) electrons. The zero-order chi connectivity index (χ0) is 24.4. The molecule has 3 aromatic carbocycles. The monoisotopic (exact) mass is 476 g/mol. The van der Waals surface area contributed by atoms with Crippen LogP contribution in [0.25, 0.3) is 0 Å². The van der Waals surface area contributed by atoms with Crippen molar-refractivity contribution in [3.63, 3.8) is 0 Å². The van der Waals surface area contributed by atoms with Crippen molar-refractivity contribution in [1.82, 2.24) is 0 Å². The number of carbonyl (C=O) groups is 1. The van der Waals surface area contributed by atoms with Gasteiger partial charge in [0.2, 0.25) is 10.0 Å². The highest BCUT2D eigenvalue weighted by atomic mass is 32.2. The topological polar surface area (TPSA) is 66.5 Å². The summed E-state index contributed by atoms with van der Waals surface area (Å²) < 4.78 is 65.8. The Hall–Kier alpha value is -3.33. The van der Waals surface area contributed by atoms with Crippen molar-refractivity contribution in [2.24, 2.45) is 0 Å². The van der Waals surface area contributed by atoms with Crippen molar-refractivity contribution in [2.75, 3.05) is 15.9 Å². The number of amides is 1. The van der Waals surface area contributed by atoms with E-state index in [1.54, 1.807) is 12.1 Å². The molecule has 1 amide bonds. The van der Waals surface area contributed by atoms with Crippen LogP contribution in [0.4, 0.5) is 24.5 Å². The Labute approximate surface area is 190 Å². The van der Waals surface area contributed by atoms with E-state index < -0.39 is 27.7 Å². The minimum absolute atomic E-state index is 0.0450. The number of hydrogen-bond acceptors (Lipinski definition) is 3. The fourth-order valence-corrected chi connectivity index (χ4v) is 4.53. The number of nitrogens with zero attached hydrogens (tertiary/aromatic N) is 1. The molecule has 0 aliphatic heterocycles. The summed E-state index contributed by atoms with van der Waals surface area (Å²) in [7, 11) is -3.60. The van der Waals surface area contributed by atoms with Gasteiger partial charge in [-0.1, -0.05) is 42.5 Å². The quantitative estimate of drug-likeness (QED) is 0.508. The Morgan fingerprint density at radius 3 is 2.03 bits per heavy atom. The number of halogens is 3. The second-order valence-electron chi connectivity index (χ2n) is 7.70. The second kappa shape index (κ2) is 9.27. The van der Waals surface area contributed by atoms with Crippen LogP contribution in [0.1, 0.15) is 32.6 Å². The number of anilines is 2. The lowest BCUT2D eigenvalue weighted by molar-refractivity contribution is -0.136. The summed E-state index contributed by atoms with van der Waals surface area (Å²) in [6, 6.07) is 16.3. The zero-order valence-corrected chi connectivity index (χ0v) is 19.1. The second-order valence-corrected chi connectivity index (χ2v) is 9.61. The number of hydrogen-bond donors (Lipinski definition) is 1. The number of sulfonamides is 1. The summed E-state index contributed by atoms with van der Waals surface area (Å²) in [6.07, 6.45) is -3.48. The van der Waals surface area contributed by atoms with Crippen molar-refractivity contribution in [1.29, 1.82) is 0 Å². The Kier molecular flexibility index (Phi) is 6.83. The molecule has 33 heavy (non-hydrogen) atoms. The molecule has 3 aromatic rings. The van der Waals surface area contributed by atoms with Gasteiger partial charge in [0.25, 0.3) is 5.91 Å². The van der Waals surface area contributed by atoms with Gasteiger partial charge in [0.15, 0.2) is 0 Å². The standard InChI is InChI=1S/C24H23F3N2O3S/c1-16-7-6-8-17(2)22(16)29(33(3,31)32)15-18-11-13-19(14-12-18)23(30)28-21-10-5-4-9-20(21)24(25,26)27/h4-14H,15H2,1-3H3,(H,28,30). The Morgan fingerprint density at radius 1 is 0.909 bits per heavy atom.